The number of nitrogens with zero attached hydrogens (tertiary/aromatic N) is 2. The highest BCUT2D eigenvalue weighted by atomic mass is 16.5. The number of methoxy groups -OCH3 is 1. The van der Waals surface area contributed by atoms with Crippen LogP contribution in [0.2, 0.25) is 0 Å². The van der Waals surface area contributed by atoms with Gasteiger partial charge in [0.25, 0.3) is 0 Å². The van der Waals surface area contributed by atoms with Crippen molar-refractivity contribution >= 4 is 10.9 Å². The monoisotopic (exact) mass is 471 g/mol. The van der Waals surface area contributed by atoms with E-state index in [2.05, 4.69) is 62.7 Å². The summed E-state index contributed by atoms with van der Waals surface area (Å²) in [5.41, 5.74) is 4.70. The number of pyridine rings is 1. The second-order valence-corrected chi connectivity index (χ2v) is 11.7. The zero-order chi connectivity index (χ0) is 24.8. The lowest BCUT2D eigenvalue weighted by molar-refractivity contribution is -0.984. The topological polar surface area (TPSA) is 42.4 Å². The number of rotatable bonds is 6. The molecule has 6 rings (SSSR count). The first-order valence-electron chi connectivity index (χ1n) is 12.9. The van der Waals surface area contributed by atoms with Crippen molar-refractivity contribution in [3.63, 3.8) is 0 Å². The molecule has 3 saturated heterocycles. The SMILES string of the molecule is C=CC1C[N+]2(Cc3ccc(C(C)(C)C)cc3)CCC1CC2C(O)c1ccnc2ccc(OC)cc12. The highest BCUT2D eigenvalue weighted by Crippen LogP contribution is 2.48. The van der Waals surface area contributed by atoms with Gasteiger partial charge in [-0.1, -0.05) is 51.1 Å². The molecule has 3 aliphatic heterocycles. The molecule has 4 nitrogen and oxygen atoms in total. The Labute approximate surface area is 209 Å². The zero-order valence-corrected chi connectivity index (χ0v) is 21.6. The van der Waals surface area contributed by atoms with E-state index in [1.807, 2.05) is 30.5 Å². The van der Waals surface area contributed by atoms with Gasteiger partial charge in [0, 0.05) is 35.9 Å². The summed E-state index contributed by atoms with van der Waals surface area (Å²) in [6.45, 7) is 14.0. The molecule has 0 radical (unpaired) electrons. The van der Waals surface area contributed by atoms with Crippen molar-refractivity contribution in [1.82, 2.24) is 4.98 Å². The fraction of sp³-hybridized carbons (Fsp3) is 0.452. The minimum Gasteiger partial charge on any atom is -0.497 e. The number of ether oxygens (including phenoxy) is 1. The van der Waals surface area contributed by atoms with Gasteiger partial charge in [0.05, 0.1) is 25.7 Å². The van der Waals surface area contributed by atoms with E-state index < -0.39 is 6.10 Å². The van der Waals surface area contributed by atoms with Gasteiger partial charge in [0.2, 0.25) is 0 Å². The summed E-state index contributed by atoms with van der Waals surface area (Å²) in [6, 6.07) is 17.2. The van der Waals surface area contributed by atoms with Crippen LogP contribution in [-0.4, -0.2) is 40.8 Å². The molecule has 3 aromatic rings. The molecule has 2 bridgehead atoms. The first kappa shape index (κ1) is 24.0. The van der Waals surface area contributed by atoms with Gasteiger partial charge in [0.15, 0.2) is 0 Å². The Hall–Kier alpha value is -2.69. The molecule has 1 aromatic heterocycles. The van der Waals surface area contributed by atoms with Crippen LogP contribution in [0.3, 0.4) is 0 Å². The molecule has 4 heterocycles. The molecular formula is C31H39N2O2+. The molecule has 5 atom stereocenters. The van der Waals surface area contributed by atoms with Crippen LogP contribution in [0, 0.1) is 11.8 Å². The average molecular weight is 472 g/mol. The van der Waals surface area contributed by atoms with E-state index in [-0.39, 0.29) is 11.5 Å². The molecule has 3 aliphatic rings. The standard InChI is InChI=1S/C31H39N2O2/c1-6-22-20-33(19-21-7-9-24(10-8-21)31(2,3)4)16-14-23(22)17-29(33)30(34)26-13-15-32-28-12-11-25(35-5)18-27(26)28/h6-13,15,18,22-23,29-30,34H,1,14,16-17,19-20H2,2-5H3/q+1. The molecule has 184 valence electrons. The van der Waals surface area contributed by atoms with Crippen LogP contribution in [0.4, 0.5) is 0 Å². The number of benzene rings is 2. The lowest BCUT2D eigenvalue weighted by Crippen LogP contribution is -2.67. The number of hydrogen-bond donors (Lipinski definition) is 1. The van der Waals surface area contributed by atoms with Crippen molar-refractivity contribution in [1.29, 1.82) is 0 Å². The van der Waals surface area contributed by atoms with Crippen molar-refractivity contribution in [2.45, 2.75) is 57.7 Å². The lowest BCUT2D eigenvalue weighted by Gasteiger charge is -2.58. The Morgan fingerprint density at radius 1 is 1.17 bits per heavy atom. The quantitative estimate of drug-likeness (QED) is 0.344. The summed E-state index contributed by atoms with van der Waals surface area (Å²) in [6.07, 6.45) is 5.65. The largest absolute Gasteiger partial charge is 0.497 e. The van der Waals surface area contributed by atoms with Gasteiger partial charge in [-0.3, -0.25) is 4.98 Å². The van der Waals surface area contributed by atoms with E-state index in [0.29, 0.717) is 11.8 Å². The van der Waals surface area contributed by atoms with Gasteiger partial charge in [-0.15, -0.1) is 6.58 Å². The van der Waals surface area contributed by atoms with Crippen LogP contribution in [0.5, 0.6) is 5.75 Å². The third-order valence-electron chi connectivity index (χ3n) is 8.66. The summed E-state index contributed by atoms with van der Waals surface area (Å²) in [5.74, 6) is 1.90. The molecule has 0 amide bonds. The minimum absolute atomic E-state index is 0.143. The van der Waals surface area contributed by atoms with Crippen molar-refractivity contribution in [3.05, 3.63) is 84.1 Å². The van der Waals surface area contributed by atoms with Crippen LogP contribution in [0.25, 0.3) is 10.9 Å². The summed E-state index contributed by atoms with van der Waals surface area (Å²) >= 11 is 0. The molecule has 4 heteroatoms. The molecule has 0 spiro atoms. The smallest absolute Gasteiger partial charge is 0.131 e. The predicted molar refractivity (Wildman–Crippen MR) is 142 cm³/mol. The third-order valence-corrected chi connectivity index (χ3v) is 8.66. The van der Waals surface area contributed by atoms with Crippen molar-refractivity contribution < 1.29 is 14.3 Å². The number of piperidine rings is 3. The molecule has 0 aliphatic carbocycles. The minimum atomic E-state index is -0.560. The van der Waals surface area contributed by atoms with E-state index in [0.717, 1.165) is 52.8 Å². The van der Waals surface area contributed by atoms with E-state index in [4.69, 9.17) is 4.74 Å². The Morgan fingerprint density at radius 2 is 1.94 bits per heavy atom. The first-order valence-corrected chi connectivity index (χ1v) is 12.9. The Morgan fingerprint density at radius 3 is 2.63 bits per heavy atom. The van der Waals surface area contributed by atoms with E-state index in [9.17, 15) is 5.11 Å². The molecule has 2 aromatic carbocycles. The maximum Gasteiger partial charge on any atom is 0.131 e. The molecule has 5 unspecified atom stereocenters. The van der Waals surface area contributed by atoms with Crippen LogP contribution in [-0.2, 0) is 12.0 Å². The molecule has 3 fully saturated rings. The zero-order valence-electron chi connectivity index (χ0n) is 21.6. The molecule has 1 N–H and O–H groups in total. The van der Waals surface area contributed by atoms with Crippen molar-refractivity contribution in [2.24, 2.45) is 11.8 Å². The van der Waals surface area contributed by atoms with Gasteiger partial charge in [-0.05, 0) is 46.7 Å². The predicted octanol–water partition coefficient (Wildman–Crippen LogP) is 6.19. The summed E-state index contributed by atoms with van der Waals surface area (Å²) in [4.78, 5) is 4.55. The normalized spacial score (nSPS) is 27.1. The summed E-state index contributed by atoms with van der Waals surface area (Å²) < 4.78 is 6.40. The number of quaternary nitrogens is 1. The van der Waals surface area contributed by atoms with Crippen LogP contribution in [0.1, 0.15) is 56.4 Å². The fourth-order valence-corrected chi connectivity index (χ4v) is 6.59. The second kappa shape index (κ2) is 9.07. The Kier molecular flexibility index (Phi) is 6.23. The summed E-state index contributed by atoms with van der Waals surface area (Å²) in [5, 5.41) is 13.0. The Bertz CT molecular complexity index is 1210. The number of aliphatic hydroxyl groups is 1. The highest BCUT2D eigenvalue weighted by molar-refractivity contribution is 5.83. The third kappa shape index (κ3) is 4.39. The van der Waals surface area contributed by atoms with Gasteiger partial charge in [-0.25, -0.2) is 0 Å². The van der Waals surface area contributed by atoms with E-state index in [1.54, 1.807) is 7.11 Å². The van der Waals surface area contributed by atoms with Gasteiger partial charge in [-0.2, -0.15) is 0 Å². The van der Waals surface area contributed by atoms with Gasteiger partial charge < -0.3 is 14.3 Å². The van der Waals surface area contributed by atoms with Gasteiger partial charge in [0.1, 0.15) is 24.4 Å². The molecule has 0 saturated carbocycles. The average Bonchev–Trinajstić information content (AvgIpc) is 2.87. The van der Waals surface area contributed by atoms with Crippen LogP contribution >= 0.6 is 0 Å². The number of fused-ring (bicyclic) bond motifs is 4. The van der Waals surface area contributed by atoms with E-state index >= 15 is 0 Å². The summed E-state index contributed by atoms with van der Waals surface area (Å²) in [7, 11) is 1.68. The van der Waals surface area contributed by atoms with Crippen LogP contribution < -0.4 is 4.74 Å². The van der Waals surface area contributed by atoms with Crippen LogP contribution in [0.15, 0.2) is 67.4 Å². The van der Waals surface area contributed by atoms with Crippen molar-refractivity contribution in [2.75, 3.05) is 20.2 Å². The maximum absolute atomic E-state index is 12.0. The Balaban J connectivity index is 1.52. The number of aromatic nitrogens is 1. The van der Waals surface area contributed by atoms with Gasteiger partial charge >= 0.3 is 0 Å². The highest BCUT2D eigenvalue weighted by Gasteiger charge is 2.54. The lowest BCUT2D eigenvalue weighted by atomic mass is 9.71. The molecule has 35 heavy (non-hydrogen) atoms. The van der Waals surface area contributed by atoms with Crippen molar-refractivity contribution in [3.8, 4) is 5.75 Å². The number of aliphatic hydroxyl groups excluding tert-OH is 1. The first-order chi connectivity index (χ1) is 16.7. The number of hydrogen-bond acceptors (Lipinski definition) is 3. The maximum atomic E-state index is 12.0. The fourth-order valence-electron chi connectivity index (χ4n) is 6.59. The second-order valence-electron chi connectivity index (χ2n) is 11.7. The molecular weight excluding hydrogens is 432 g/mol. The van der Waals surface area contributed by atoms with E-state index in [1.165, 1.54) is 17.5 Å².